The molecule has 0 aliphatic heterocycles. The zero-order valence-electron chi connectivity index (χ0n) is 7.71. The monoisotopic (exact) mass is 194 g/mol. The maximum absolute atomic E-state index is 11.2. The third-order valence-corrected chi connectivity index (χ3v) is 1.46. The van der Waals surface area contributed by atoms with Gasteiger partial charge in [-0.05, 0) is 12.1 Å². The molecule has 0 heterocycles. The van der Waals surface area contributed by atoms with Gasteiger partial charge in [0.2, 0.25) is 6.73 Å². The molecule has 0 saturated heterocycles. The zero-order chi connectivity index (χ0) is 10.4. The Kier molecular flexibility index (Phi) is 3.60. The highest BCUT2D eigenvalue weighted by Gasteiger charge is 2.04. The lowest BCUT2D eigenvalue weighted by molar-refractivity contribution is -0.502. The Morgan fingerprint density at radius 3 is 2.71 bits per heavy atom. The molecule has 0 saturated carbocycles. The smallest absolute Gasteiger partial charge is 0.340 e. The van der Waals surface area contributed by atoms with Gasteiger partial charge in [0, 0.05) is 5.11 Å². The minimum atomic E-state index is -0.490. The van der Waals surface area contributed by atoms with Crippen molar-refractivity contribution in [3.63, 3.8) is 0 Å². The molecule has 1 rings (SSSR count). The van der Waals surface area contributed by atoms with Crippen LogP contribution in [-0.2, 0) is 4.74 Å². The van der Waals surface area contributed by atoms with Gasteiger partial charge in [-0.3, -0.25) is 0 Å². The summed E-state index contributed by atoms with van der Waals surface area (Å²) in [6.07, 6.45) is 0. The van der Waals surface area contributed by atoms with Gasteiger partial charge in [-0.15, -0.1) is 0 Å². The fraction of sp³-hybridized carbons (Fsp3) is 0.222. The number of rotatable bonds is 3. The van der Waals surface area contributed by atoms with Crippen molar-refractivity contribution >= 4 is 5.97 Å². The van der Waals surface area contributed by atoms with Crippen LogP contribution in [0.3, 0.4) is 0 Å². The third-order valence-electron chi connectivity index (χ3n) is 1.46. The van der Waals surface area contributed by atoms with E-state index in [1.54, 1.807) is 30.3 Å². The molecule has 5 nitrogen and oxygen atoms in total. The molecule has 14 heavy (non-hydrogen) atoms. The molecule has 0 aromatic heterocycles. The van der Waals surface area contributed by atoms with Crippen molar-refractivity contribution in [1.29, 1.82) is 0 Å². The second-order valence-corrected chi connectivity index (χ2v) is 2.53. The Bertz CT molecular complexity index is 331. The normalized spacial score (nSPS) is 11.1. The number of ether oxygens (including phenoxy) is 1. The van der Waals surface area contributed by atoms with Crippen molar-refractivity contribution in [2.24, 2.45) is 5.11 Å². The van der Waals surface area contributed by atoms with E-state index in [2.05, 4.69) is 5.11 Å². The van der Waals surface area contributed by atoms with Crippen LogP contribution in [0.4, 0.5) is 0 Å². The molecule has 0 radical (unpaired) electrons. The Labute approximate surface area is 81.2 Å². The highest BCUT2D eigenvalue weighted by atomic mass is 16.6. The van der Waals surface area contributed by atoms with E-state index < -0.39 is 5.97 Å². The fourth-order valence-corrected chi connectivity index (χ4v) is 0.826. The summed E-state index contributed by atoms with van der Waals surface area (Å²) in [5.41, 5.74) is 0.441. The number of hydrogen-bond acceptors (Lipinski definition) is 4. The van der Waals surface area contributed by atoms with Gasteiger partial charge in [0.1, 0.15) is 0 Å². The van der Waals surface area contributed by atoms with Crippen LogP contribution in [0.5, 0.6) is 0 Å². The first kappa shape index (κ1) is 10.2. The molecule has 0 unspecified atom stereocenters. The van der Waals surface area contributed by atoms with Gasteiger partial charge in [0.05, 0.1) is 5.56 Å². The zero-order valence-corrected chi connectivity index (χ0v) is 7.71. The second kappa shape index (κ2) is 4.96. The summed E-state index contributed by atoms with van der Waals surface area (Å²) in [4.78, 5) is 11.6. The van der Waals surface area contributed by atoms with E-state index in [4.69, 9.17) is 4.74 Å². The lowest BCUT2D eigenvalue weighted by Crippen LogP contribution is -2.06. The van der Waals surface area contributed by atoms with Crippen molar-refractivity contribution in [2.45, 2.75) is 0 Å². The molecule has 0 atom stereocenters. The molecule has 0 N–H and O–H groups in total. The average molecular weight is 194 g/mol. The lowest BCUT2D eigenvalue weighted by Gasteiger charge is -1.99. The molecule has 0 fully saturated rings. The first-order chi connectivity index (χ1) is 6.70. The summed E-state index contributed by atoms with van der Waals surface area (Å²) in [7, 11) is 1.22. The summed E-state index contributed by atoms with van der Waals surface area (Å²) >= 11 is 0. The number of hydroxylamine groups is 1. The SMILES string of the molecule is C/[N+]([O-])=N\COC(=O)c1ccccc1. The van der Waals surface area contributed by atoms with Crippen molar-refractivity contribution in [3.8, 4) is 0 Å². The van der Waals surface area contributed by atoms with E-state index in [9.17, 15) is 10.0 Å². The maximum atomic E-state index is 11.2. The van der Waals surface area contributed by atoms with Gasteiger partial charge in [-0.1, -0.05) is 23.1 Å². The van der Waals surface area contributed by atoms with E-state index in [1.165, 1.54) is 7.05 Å². The number of hydrogen-bond donors (Lipinski definition) is 0. The fourth-order valence-electron chi connectivity index (χ4n) is 0.826. The van der Waals surface area contributed by atoms with Gasteiger partial charge in [-0.2, -0.15) is 0 Å². The number of nitrogens with zero attached hydrogens (tertiary/aromatic N) is 2. The second-order valence-electron chi connectivity index (χ2n) is 2.53. The molecule has 0 aliphatic carbocycles. The van der Waals surface area contributed by atoms with Crippen molar-refractivity contribution in [3.05, 3.63) is 41.1 Å². The van der Waals surface area contributed by atoms with Gasteiger partial charge in [-0.25, -0.2) is 4.79 Å². The number of carbonyl (C=O) groups is 1. The molecule has 5 heteroatoms. The highest BCUT2D eigenvalue weighted by molar-refractivity contribution is 5.89. The molecule has 0 amide bonds. The Morgan fingerprint density at radius 1 is 1.50 bits per heavy atom. The van der Waals surface area contributed by atoms with Crippen LogP contribution in [0.2, 0.25) is 0 Å². The van der Waals surface area contributed by atoms with E-state index in [0.29, 0.717) is 10.4 Å². The molecule has 0 spiro atoms. The molecule has 1 aromatic carbocycles. The topological polar surface area (TPSA) is 64.7 Å². The first-order valence-corrected chi connectivity index (χ1v) is 4.00. The minimum absolute atomic E-state index is 0.256. The standard InChI is InChI=1S/C9H10N2O3/c1-11(13)10-7-14-9(12)8-5-3-2-4-6-8/h2-6H,7H2,1H3/b11-10+. The van der Waals surface area contributed by atoms with Crippen molar-refractivity contribution in [1.82, 2.24) is 0 Å². The largest absolute Gasteiger partial charge is 0.600 e. The predicted molar refractivity (Wildman–Crippen MR) is 48.7 cm³/mol. The maximum Gasteiger partial charge on any atom is 0.340 e. The van der Waals surface area contributed by atoms with E-state index >= 15 is 0 Å². The molecule has 0 bridgehead atoms. The van der Waals surface area contributed by atoms with Crippen molar-refractivity contribution in [2.75, 3.05) is 13.8 Å². The highest BCUT2D eigenvalue weighted by Crippen LogP contribution is 2.00. The molecular formula is C9H10N2O3. The van der Waals surface area contributed by atoms with Crippen LogP contribution in [0.15, 0.2) is 35.4 Å². The van der Waals surface area contributed by atoms with Crippen molar-refractivity contribution < 1.29 is 14.4 Å². The lowest BCUT2D eigenvalue weighted by atomic mass is 10.2. The number of carbonyl (C=O) groups excluding carboxylic acids is 1. The molecule has 0 aliphatic rings. The van der Waals surface area contributed by atoms with Crippen LogP contribution in [0, 0.1) is 5.21 Å². The van der Waals surface area contributed by atoms with Gasteiger partial charge >= 0.3 is 5.97 Å². The molecular weight excluding hydrogens is 184 g/mol. The van der Waals surface area contributed by atoms with E-state index in [0.717, 1.165) is 0 Å². The average Bonchev–Trinajstić information content (AvgIpc) is 2.18. The number of azo groups is 1. The molecule has 74 valence electrons. The van der Waals surface area contributed by atoms with Crippen LogP contribution in [0.25, 0.3) is 0 Å². The number of esters is 1. The Hall–Kier alpha value is -1.91. The summed E-state index contributed by atoms with van der Waals surface area (Å²) in [6.45, 7) is -0.256. The summed E-state index contributed by atoms with van der Waals surface area (Å²) in [5.74, 6) is -0.490. The minimum Gasteiger partial charge on any atom is -0.600 e. The summed E-state index contributed by atoms with van der Waals surface area (Å²) in [6, 6.07) is 8.51. The Morgan fingerprint density at radius 2 is 2.14 bits per heavy atom. The van der Waals surface area contributed by atoms with Gasteiger partial charge in [0.15, 0.2) is 7.05 Å². The summed E-state index contributed by atoms with van der Waals surface area (Å²) < 4.78 is 4.69. The number of benzene rings is 1. The van der Waals surface area contributed by atoms with Gasteiger partial charge in [0.25, 0.3) is 0 Å². The molecule has 1 aromatic rings. The van der Waals surface area contributed by atoms with E-state index in [1.807, 2.05) is 0 Å². The third kappa shape index (κ3) is 3.22. The quantitative estimate of drug-likeness (QED) is 0.316. The van der Waals surface area contributed by atoms with E-state index in [-0.39, 0.29) is 6.73 Å². The van der Waals surface area contributed by atoms with Crippen LogP contribution in [0.1, 0.15) is 10.4 Å². The van der Waals surface area contributed by atoms with Gasteiger partial charge < -0.3 is 9.94 Å². The van der Waals surface area contributed by atoms with Crippen LogP contribution in [-0.4, -0.2) is 24.6 Å². The predicted octanol–water partition coefficient (Wildman–Crippen LogP) is 1.39. The Balaban J connectivity index is 2.48. The summed E-state index contributed by atoms with van der Waals surface area (Å²) in [5, 5.41) is 13.6. The first-order valence-electron chi connectivity index (χ1n) is 4.00. The van der Waals surface area contributed by atoms with Crippen LogP contribution < -0.4 is 0 Å². The van der Waals surface area contributed by atoms with Crippen LogP contribution >= 0.6 is 0 Å².